The minimum Gasteiger partial charge on any atom is -0.382 e. The zero-order chi connectivity index (χ0) is 25.6. The van der Waals surface area contributed by atoms with Gasteiger partial charge in [0.25, 0.3) is 0 Å². The molecule has 7 nitrogen and oxygen atoms in total. The highest BCUT2D eigenvalue weighted by Gasteiger charge is 2.29. The molecule has 1 unspecified atom stereocenters. The summed E-state index contributed by atoms with van der Waals surface area (Å²) >= 11 is 1.75. The molecule has 1 saturated heterocycles. The number of hydrogen-bond acceptors (Lipinski definition) is 6. The molecule has 0 radical (unpaired) electrons. The number of nitrogens with zero attached hydrogens (tertiary/aromatic N) is 4. The number of thioether (sulfide) groups is 1. The summed E-state index contributed by atoms with van der Waals surface area (Å²) in [5, 5.41) is 0.949. The Morgan fingerprint density at radius 2 is 1.97 bits per heavy atom. The summed E-state index contributed by atoms with van der Waals surface area (Å²) in [4.78, 5) is 7.75. The minimum atomic E-state index is -3.51. The normalized spacial score (nSPS) is 17.9. The summed E-state index contributed by atoms with van der Waals surface area (Å²) < 4.78 is 36.1. The second-order valence-electron chi connectivity index (χ2n) is 10.1. The molecule has 1 aromatic heterocycles. The Morgan fingerprint density at radius 1 is 1.23 bits per heavy atom. The third kappa shape index (κ3) is 7.22. The van der Waals surface area contributed by atoms with Gasteiger partial charge in [0, 0.05) is 57.2 Å². The molecule has 35 heavy (non-hydrogen) atoms. The van der Waals surface area contributed by atoms with Crippen LogP contribution in [0.15, 0.2) is 28.3 Å². The van der Waals surface area contributed by atoms with Gasteiger partial charge < -0.3 is 9.30 Å². The van der Waals surface area contributed by atoms with Crippen LogP contribution in [0.4, 0.5) is 0 Å². The quantitative estimate of drug-likeness (QED) is 0.268. The second kappa shape index (κ2) is 12.9. The van der Waals surface area contributed by atoms with Crippen molar-refractivity contribution in [2.24, 2.45) is 5.92 Å². The van der Waals surface area contributed by atoms with Crippen LogP contribution in [0.25, 0.3) is 11.0 Å². The number of piperidine rings is 1. The van der Waals surface area contributed by atoms with Gasteiger partial charge in [-0.05, 0) is 78.0 Å². The van der Waals surface area contributed by atoms with E-state index in [9.17, 15) is 8.42 Å². The summed E-state index contributed by atoms with van der Waals surface area (Å²) in [7, 11) is -3.51. The topological polar surface area (TPSA) is 67.7 Å². The predicted molar refractivity (Wildman–Crippen MR) is 146 cm³/mol. The average Bonchev–Trinajstić information content (AvgIpc) is 3.15. The molecule has 0 bridgehead atoms. The van der Waals surface area contributed by atoms with E-state index in [1.165, 1.54) is 0 Å². The van der Waals surface area contributed by atoms with Crippen LogP contribution >= 0.6 is 11.8 Å². The van der Waals surface area contributed by atoms with Crippen LogP contribution in [0.1, 0.15) is 60.8 Å². The van der Waals surface area contributed by atoms with Gasteiger partial charge in [-0.2, -0.15) is 4.31 Å². The molecule has 1 aliphatic rings. The number of aryl methyl sites for hydroxylation is 1. The third-order valence-electron chi connectivity index (χ3n) is 6.72. The second-order valence-corrected chi connectivity index (χ2v) is 13.1. The Kier molecular flexibility index (Phi) is 10.5. The van der Waals surface area contributed by atoms with Gasteiger partial charge in [-0.1, -0.05) is 18.7 Å². The zero-order valence-electron chi connectivity index (χ0n) is 22.4. The molecule has 0 N–H and O–H groups in total. The van der Waals surface area contributed by atoms with Crippen molar-refractivity contribution in [1.29, 1.82) is 0 Å². The van der Waals surface area contributed by atoms with Crippen molar-refractivity contribution in [3.05, 3.63) is 18.2 Å². The number of sulfonamides is 1. The van der Waals surface area contributed by atoms with Crippen molar-refractivity contribution in [2.75, 3.05) is 38.6 Å². The molecule has 1 aliphatic heterocycles. The molecule has 1 fully saturated rings. The Morgan fingerprint density at radius 3 is 2.63 bits per heavy atom. The van der Waals surface area contributed by atoms with E-state index in [1.807, 2.05) is 13.0 Å². The Labute approximate surface area is 216 Å². The van der Waals surface area contributed by atoms with E-state index in [-0.39, 0.29) is 0 Å². The van der Waals surface area contributed by atoms with Crippen molar-refractivity contribution in [1.82, 2.24) is 18.8 Å². The molecule has 198 valence electrons. The van der Waals surface area contributed by atoms with Crippen LogP contribution in [0.2, 0.25) is 0 Å². The largest absolute Gasteiger partial charge is 0.382 e. The Balaban J connectivity index is 1.85. The van der Waals surface area contributed by atoms with Crippen molar-refractivity contribution in [2.45, 2.75) is 89.5 Å². The highest BCUT2D eigenvalue weighted by molar-refractivity contribution is 7.99. The smallest absolute Gasteiger partial charge is 0.243 e. The molecule has 0 spiro atoms. The zero-order valence-corrected chi connectivity index (χ0v) is 24.0. The summed E-state index contributed by atoms with van der Waals surface area (Å²) in [5.74, 6) is 1.33. The predicted octanol–water partition coefficient (Wildman–Crippen LogP) is 5.09. The Bertz CT molecular complexity index is 1040. The minimum absolute atomic E-state index is 0.348. The average molecular weight is 525 g/mol. The monoisotopic (exact) mass is 524 g/mol. The third-order valence-corrected chi connectivity index (χ3v) is 9.54. The van der Waals surface area contributed by atoms with Gasteiger partial charge in [0.05, 0.1) is 15.9 Å². The lowest BCUT2D eigenvalue weighted by Crippen LogP contribution is -2.39. The van der Waals surface area contributed by atoms with Gasteiger partial charge in [0.2, 0.25) is 10.0 Å². The fourth-order valence-electron chi connectivity index (χ4n) is 4.91. The van der Waals surface area contributed by atoms with Crippen molar-refractivity contribution >= 4 is 32.8 Å². The van der Waals surface area contributed by atoms with E-state index in [4.69, 9.17) is 9.72 Å². The molecule has 0 saturated carbocycles. The number of imidazole rings is 1. The van der Waals surface area contributed by atoms with Crippen LogP contribution < -0.4 is 0 Å². The molecular weight excluding hydrogens is 480 g/mol. The first-order chi connectivity index (χ1) is 16.6. The fraction of sp³-hybridized carbons (Fsp3) is 0.731. The van der Waals surface area contributed by atoms with Crippen LogP contribution in [0.5, 0.6) is 0 Å². The van der Waals surface area contributed by atoms with E-state index < -0.39 is 10.0 Å². The SMILES string of the molecule is CCOCCCn1c(SCCN(C(C)C)C(C)C)nc2cc(S(=O)(=O)N3CCCC(C)C3)ccc21. The first kappa shape index (κ1) is 28.4. The number of rotatable bonds is 13. The molecule has 2 aromatic rings. The van der Waals surface area contributed by atoms with E-state index in [1.54, 1.807) is 28.2 Å². The summed E-state index contributed by atoms with van der Waals surface area (Å²) in [6.45, 7) is 17.5. The molecule has 2 heterocycles. The van der Waals surface area contributed by atoms with Gasteiger partial charge in [0.1, 0.15) is 0 Å². The van der Waals surface area contributed by atoms with E-state index in [0.717, 1.165) is 54.3 Å². The fourth-order valence-corrected chi connectivity index (χ4v) is 7.52. The van der Waals surface area contributed by atoms with Gasteiger partial charge in [0.15, 0.2) is 5.16 Å². The van der Waals surface area contributed by atoms with E-state index in [2.05, 4.69) is 44.1 Å². The number of ether oxygens (including phenoxy) is 1. The number of benzene rings is 1. The molecular formula is C26H44N4O3S2. The highest BCUT2D eigenvalue weighted by atomic mass is 32.2. The Hall–Kier alpha value is -1.13. The van der Waals surface area contributed by atoms with Crippen molar-refractivity contribution < 1.29 is 13.2 Å². The van der Waals surface area contributed by atoms with Crippen LogP contribution in [-0.2, 0) is 21.3 Å². The maximum atomic E-state index is 13.4. The number of aromatic nitrogens is 2. The van der Waals surface area contributed by atoms with E-state index in [0.29, 0.717) is 49.2 Å². The lowest BCUT2D eigenvalue weighted by atomic mass is 10.0. The molecule has 9 heteroatoms. The van der Waals surface area contributed by atoms with Gasteiger partial charge in [-0.3, -0.25) is 4.90 Å². The van der Waals surface area contributed by atoms with Crippen LogP contribution in [0.3, 0.4) is 0 Å². The summed E-state index contributed by atoms with van der Waals surface area (Å²) in [5.41, 5.74) is 1.74. The summed E-state index contributed by atoms with van der Waals surface area (Å²) in [6.07, 6.45) is 2.90. The van der Waals surface area contributed by atoms with Gasteiger partial charge in [-0.25, -0.2) is 13.4 Å². The maximum absolute atomic E-state index is 13.4. The number of fused-ring (bicyclic) bond motifs is 1. The molecule has 1 aromatic carbocycles. The highest BCUT2D eigenvalue weighted by Crippen LogP contribution is 2.29. The van der Waals surface area contributed by atoms with Gasteiger partial charge in [-0.15, -0.1) is 0 Å². The molecule has 0 aliphatic carbocycles. The molecule has 3 rings (SSSR count). The standard InChI is InChI=1S/C26H44N4O3S2/c1-7-33-16-9-14-30-25-12-11-23(35(31,32)28-13-8-10-22(6)19-28)18-24(25)27-26(30)34-17-15-29(20(2)3)21(4)5/h11-12,18,20-22H,7-10,13-17,19H2,1-6H3. The first-order valence-electron chi connectivity index (χ1n) is 13.1. The lowest BCUT2D eigenvalue weighted by Gasteiger charge is -2.30. The van der Waals surface area contributed by atoms with E-state index >= 15 is 0 Å². The first-order valence-corrected chi connectivity index (χ1v) is 15.5. The summed E-state index contributed by atoms with van der Waals surface area (Å²) in [6, 6.07) is 6.44. The van der Waals surface area contributed by atoms with Crippen LogP contribution in [-0.4, -0.2) is 77.9 Å². The molecule has 0 amide bonds. The maximum Gasteiger partial charge on any atom is 0.243 e. The van der Waals surface area contributed by atoms with Crippen molar-refractivity contribution in [3.8, 4) is 0 Å². The number of hydrogen-bond donors (Lipinski definition) is 0. The van der Waals surface area contributed by atoms with Gasteiger partial charge >= 0.3 is 0 Å². The van der Waals surface area contributed by atoms with Crippen LogP contribution in [0, 0.1) is 5.92 Å². The molecule has 1 atom stereocenters. The van der Waals surface area contributed by atoms with Crippen molar-refractivity contribution in [3.63, 3.8) is 0 Å². The lowest BCUT2D eigenvalue weighted by molar-refractivity contribution is 0.141.